The molecular weight excluding hydrogens is 386 g/mol. The molecule has 0 bridgehead atoms. The third kappa shape index (κ3) is 4.13. The Kier molecular flexibility index (Phi) is 5.28. The maximum Gasteiger partial charge on any atom is 0.141 e. The number of aromatic hydroxyl groups is 1. The normalized spacial score (nSPS) is 11.8. The van der Waals surface area contributed by atoms with Gasteiger partial charge in [-0.1, -0.05) is 17.7 Å². The first-order valence-corrected chi connectivity index (χ1v) is 9.72. The molecule has 0 atom stereocenters. The van der Waals surface area contributed by atoms with Gasteiger partial charge in [-0.25, -0.2) is 4.99 Å². The van der Waals surface area contributed by atoms with Crippen LogP contribution in [0.1, 0.15) is 12.5 Å². The minimum absolute atomic E-state index is 0.124. The first-order chi connectivity index (χ1) is 14.0. The summed E-state index contributed by atoms with van der Waals surface area (Å²) in [6.45, 7) is 4.47. The van der Waals surface area contributed by atoms with Crippen LogP contribution in [0, 0.1) is 6.92 Å². The maximum absolute atomic E-state index is 10.3. The number of aryl methyl sites for hydroxylation is 1. The zero-order valence-electron chi connectivity index (χ0n) is 16.1. The molecule has 0 radical (unpaired) electrons. The highest BCUT2D eigenvalue weighted by atomic mass is 35.5. The van der Waals surface area contributed by atoms with Crippen LogP contribution in [0.15, 0.2) is 76.1 Å². The van der Waals surface area contributed by atoms with Crippen molar-refractivity contribution in [2.24, 2.45) is 4.99 Å². The number of rotatable bonds is 4. The lowest BCUT2D eigenvalue weighted by Crippen LogP contribution is -2.04. The third-order valence-corrected chi connectivity index (χ3v) is 4.78. The van der Waals surface area contributed by atoms with E-state index in [1.807, 2.05) is 74.5 Å². The monoisotopic (exact) mass is 405 g/mol. The Hall–Kier alpha value is -3.24. The number of phenolic OH excluding ortho intramolecular Hbond substituents is 1. The first kappa shape index (κ1) is 19.1. The highest BCUT2D eigenvalue weighted by Gasteiger charge is 2.09. The van der Waals surface area contributed by atoms with Gasteiger partial charge in [0, 0.05) is 22.0 Å². The van der Waals surface area contributed by atoms with Crippen molar-refractivity contribution in [1.29, 1.82) is 0 Å². The van der Waals surface area contributed by atoms with Crippen molar-refractivity contribution >= 4 is 28.3 Å². The van der Waals surface area contributed by atoms with Gasteiger partial charge in [-0.3, -0.25) is 0 Å². The van der Waals surface area contributed by atoms with E-state index < -0.39 is 0 Å². The van der Waals surface area contributed by atoms with Gasteiger partial charge in [-0.05, 0) is 74.0 Å². The van der Waals surface area contributed by atoms with E-state index in [9.17, 15) is 5.11 Å². The molecule has 5 heteroatoms. The van der Waals surface area contributed by atoms with E-state index in [1.54, 1.807) is 6.07 Å². The van der Waals surface area contributed by atoms with Crippen molar-refractivity contribution in [3.8, 4) is 22.8 Å². The lowest BCUT2D eigenvalue weighted by molar-refractivity contribution is 0.340. The molecule has 0 aliphatic rings. The van der Waals surface area contributed by atoms with E-state index in [-0.39, 0.29) is 5.75 Å². The van der Waals surface area contributed by atoms with E-state index in [0.29, 0.717) is 34.0 Å². The smallest absolute Gasteiger partial charge is 0.141 e. The van der Waals surface area contributed by atoms with Gasteiger partial charge < -0.3 is 14.3 Å². The van der Waals surface area contributed by atoms with Gasteiger partial charge in [0.15, 0.2) is 0 Å². The fourth-order valence-corrected chi connectivity index (χ4v) is 3.23. The second-order valence-electron chi connectivity index (χ2n) is 6.70. The molecule has 1 heterocycles. The maximum atomic E-state index is 10.3. The number of halogens is 1. The molecular formula is C24H20ClNO3. The fourth-order valence-electron chi connectivity index (χ4n) is 3.11. The van der Waals surface area contributed by atoms with Crippen LogP contribution < -0.4 is 10.1 Å². The van der Waals surface area contributed by atoms with E-state index in [1.165, 1.54) is 0 Å². The van der Waals surface area contributed by atoms with Crippen LogP contribution in [0.3, 0.4) is 0 Å². The van der Waals surface area contributed by atoms with Crippen molar-refractivity contribution in [3.05, 3.63) is 82.7 Å². The first-order valence-electron chi connectivity index (χ1n) is 9.34. The SMILES string of the molecule is CCOc1ccc2oc(-c3ccc(Cl)cc3)cc(=Nc3cc(C)ccc3O)c2c1. The number of fused-ring (bicyclic) bond motifs is 1. The third-order valence-electron chi connectivity index (χ3n) is 4.53. The van der Waals surface area contributed by atoms with Crippen molar-refractivity contribution < 1.29 is 14.3 Å². The Bertz CT molecular complexity index is 1240. The summed E-state index contributed by atoms with van der Waals surface area (Å²) in [7, 11) is 0. The van der Waals surface area contributed by atoms with Gasteiger partial charge in [0.05, 0.1) is 12.0 Å². The van der Waals surface area contributed by atoms with E-state index >= 15 is 0 Å². The van der Waals surface area contributed by atoms with Gasteiger partial charge >= 0.3 is 0 Å². The molecule has 0 spiro atoms. The quantitative estimate of drug-likeness (QED) is 0.427. The lowest BCUT2D eigenvalue weighted by Gasteiger charge is -2.08. The molecule has 29 heavy (non-hydrogen) atoms. The molecule has 4 rings (SSSR count). The predicted octanol–water partition coefficient (Wildman–Crippen LogP) is 6.40. The molecule has 0 saturated carbocycles. The van der Waals surface area contributed by atoms with Gasteiger partial charge in [0.25, 0.3) is 0 Å². The number of phenols is 1. The molecule has 146 valence electrons. The zero-order chi connectivity index (χ0) is 20.4. The molecule has 0 unspecified atom stereocenters. The molecule has 0 saturated heterocycles. The molecule has 4 aromatic rings. The predicted molar refractivity (Wildman–Crippen MR) is 116 cm³/mol. The molecule has 0 fully saturated rings. The lowest BCUT2D eigenvalue weighted by atomic mass is 10.1. The van der Waals surface area contributed by atoms with Crippen molar-refractivity contribution in [3.63, 3.8) is 0 Å². The summed E-state index contributed by atoms with van der Waals surface area (Å²) in [6.07, 6.45) is 0. The average molecular weight is 406 g/mol. The Balaban J connectivity index is 2.00. The number of hydrogen-bond donors (Lipinski definition) is 1. The summed E-state index contributed by atoms with van der Waals surface area (Å²) in [5, 5.41) is 12.4. The van der Waals surface area contributed by atoms with Crippen LogP contribution >= 0.6 is 11.6 Å². The van der Waals surface area contributed by atoms with E-state index in [2.05, 4.69) is 0 Å². The Morgan fingerprint density at radius 1 is 1.00 bits per heavy atom. The Labute approximate surface area is 173 Å². The summed E-state index contributed by atoms with van der Waals surface area (Å²) in [6, 6.07) is 20.3. The van der Waals surface area contributed by atoms with Crippen LogP contribution in [0.4, 0.5) is 5.69 Å². The minimum Gasteiger partial charge on any atom is -0.506 e. The van der Waals surface area contributed by atoms with Crippen molar-refractivity contribution in [2.45, 2.75) is 13.8 Å². The van der Waals surface area contributed by atoms with Crippen LogP contribution in [0.5, 0.6) is 11.5 Å². The summed E-state index contributed by atoms with van der Waals surface area (Å²) in [4.78, 5) is 4.74. The van der Waals surface area contributed by atoms with E-state index in [0.717, 1.165) is 22.3 Å². The summed E-state index contributed by atoms with van der Waals surface area (Å²) < 4.78 is 11.8. The zero-order valence-corrected chi connectivity index (χ0v) is 16.9. The van der Waals surface area contributed by atoms with Crippen LogP contribution in [-0.4, -0.2) is 11.7 Å². The fraction of sp³-hybridized carbons (Fsp3) is 0.125. The van der Waals surface area contributed by atoms with Crippen molar-refractivity contribution in [2.75, 3.05) is 6.61 Å². The highest BCUT2D eigenvalue weighted by molar-refractivity contribution is 6.30. The second-order valence-corrected chi connectivity index (χ2v) is 7.13. The average Bonchev–Trinajstić information content (AvgIpc) is 2.71. The van der Waals surface area contributed by atoms with Gasteiger partial charge in [0.2, 0.25) is 0 Å². The largest absolute Gasteiger partial charge is 0.506 e. The second kappa shape index (κ2) is 8.02. The molecule has 4 nitrogen and oxygen atoms in total. The molecule has 0 aliphatic heterocycles. The van der Waals surface area contributed by atoms with Gasteiger partial charge in [0.1, 0.15) is 28.5 Å². The Morgan fingerprint density at radius 3 is 2.55 bits per heavy atom. The molecule has 0 amide bonds. The number of ether oxygens (including phenoxy) is 1. The van der Waals surface area contributed by atoms with Crippen molar-refractivity contribution in [1.82, 2.24) is 0 Å². The van der Waals surface area contributed by atoms with Crippen LogP contribution in [-0.2, 0) is 0 Å². The number of benzene rings is 3. The number of hydrogen-bond acceptors (Lipinski definition) is 4. The molecule has 3 aromatic carbocycles. The molecule has 1 N–H and O–H groups in total. The number of nitrogens with zero attached hydrogens (tertiary/aromatic N) is 1. The Morgan fingerprint density at radius 2 is 1.79 bits per heavy atom. The molecule has 0 aliphatic carbocycles. The standard InChI is InChI=1S/C24H20ClNO3/c1-3-28-18-9-11-23-19(13-18)20(26-21-12-15(2)4-10-22(21)27)14-24(29-23)16-5-7-17(25)8-6-16/h4-14,27H,3H2,1-2H3. The summed E-state index contributed by atoms with van der Waals surface area (Å²) >= 11 is 6.02. The van der Waals surface area contributed by atoms with Gasteiger partial charge in [-0.15, -0.1) is 0 Å². The summed E-state index contributed by atoms with van der Waals surface area (Å²) in [5.41, 5.74) is 3.07. The van der Waals surface area contributed by atoms with Crippen LogP contribution in [0.2, 0.25) is 5.02 Å². The highest BCUT2D eigenvalue weighted by Crippen LogP contribution is 2.29. The summed E-state index contributed by atoms with van der Waals surface area (Å²) in [5.74, 6) is 1.52. The molecule has 1 aromatic heterocycles. The van der Waals surface area contributed by atoms with Crippen LogP contribution in [0.25, 0.3) is 22.3 Å². The topological polar surface area (TPSA) is 55.0 Å². The van der Waals surface area contributed by atoms with Gasteiger partial charge in [-0.2, -0.15) is 0 Å². The van der Waals surface area contributed by atoms with E-state index in [4.69, 9.17) is 25.7 Å². The minimum atomic E-state index is 0.124.